The minimum atomic E-state index is -0.525. The van der Waals surface area contributed by atoms with Gasteiger partial charge in [0.15, 0.2) is 5.13 Å². The molecule has 0 bridgehead atoms. The molecule has 3 N–H and O–H groups in total. The number of nitrogens with two attached hydrogens (primary N) is 1. The fraction of sp³-hybridized carbons (Fsp3) is 0.500. The van der Waals surface area contributed by atoms with Crippen LogP contribution in [0.15, 0.2) is 11.7 Å². The van der Waals surface area contributed by atoms with E-state index in [4.69, 9.17) is 5.73 Å². The number of hydrogen-bond acceptors (Lipinski definition) is 7. The van der Waals surface area contributed by atoms with Crippen molar-refractivity contribution in [3.63, 3.8) is 0 Å². The van der Waals surface area contributed by atoms with E-state index < -0.39 is 11.9 Å². The molecule has 2 rings (SSSR count). The summed E-state index contributed by atoms with van der Waals surface area (Å²) in [6.45, 7) is 3.94. The van der Waals surface area contributed by atoms with Crippen molar-refractivity contribution in [2.75, 3.05) is 5.32 Å². The van der Waals surface area contributed by atoms with Crippen molar-refractivity contribution in [3.8, 4) is 0 Å². The van der Waals surface area contributed by atoms with E-state index in [2.05, 4.69) is 25.8 Å². The van der Waals surface area contributed by atoms with Gasteiger partial charge in [0.05, 0.1) is 12.1 Å². The molecule has 0 fully saturated rings. The van der Waals surface area contributed by atoms with Crippen molar-refractivity contribution in [1.29, 1.82) is 0 Å². The Bertz CT molecular complexity index is 640. The highest BCUT2D eigenvalue weighted by molar-refractivity contribution is 7.13. The number of amides is 2. The van der Waals surface area contributed by atoms with Crippen LogP contribution >= 0.6 is 11.3 Å². The molecule has 0 saturated carbocycles. The first kappa shape index (κ1) is 16.0. The lowest BCUT2D eigenvalue weighted by molar-refractivity contribution is -0.121. The Balaban J connectivity index is 2.11. The summed E-state index contributed by atoms with van der Waals surface area (Å²) in [5.41, 5.74) is 5.66. The third-order valence-corrected chi connectivity index (χ3v) is 4.05. The van der Waals surface area contributed by atoms with E-state index in [0.29, 0.717) is 10.8 Å². The third-order valence-electron chi connectivity index (χ3n) is 3.24. The number of aromatic nitrogens is 5. The fourth-order valence-corrected chi connectivity index (χ4v) is 2.67. The van der Waals surface area contributed by atoms with Crippen molar-refractivity contribution < 1.29 is 9.59 Å². The normalized spacial score (nSPS) is 13.5. The monoisotopic (exact) mass is 323 g/mol. The Morgan fingerprint density at radius 2 is 2.27 bits per heavy atom. The average molecular weight is 323 g/mol. The molecule has 22 heavy (non-hydrogen) atoms. The van der Waals surface area contributed by atoms with Gasteiger partial charge in [0, 0.05) is 5.38 Å². The van der Waals surface area contributed by atoms with Crippen molar-refractivity contribution in [3.05, 3.63) is 17.4 Å². The van der Waals surface area contributed by atoms with E-state index in [9.17, 15) is 9.59 Å². The number of anilines is 1. The van der Waals surface area contributed by atoms with Gasteiger partial charge in [-0.15, -0.1) is 16.4 Å². The van der Waals surface area contributed by atoms with Gasteiger partial charge in [0.2, 0.25) is 5.91 Å². The second-order valence-corrected chi connectivity index (χ2v) is 5.75. The quantitative estimate of drug-likeness (QED) is 0.758. The van der Waals surface area contributed by atoms with Crippen LogP contribution in [-0.4, -0.2) is 37.0 Å². The second-order valence-electron chi connectivity index (χ2n) is 4.90. The molecular formula is C12H17N7O2S. The van der Waals surface area contributed by atoms with Gasteiger partial charge in [0.1, 0.15) is 12.4 Å². The first-order valence-corrected chi connectivity index (χ1v) is 7.65. The zero-order valence-corrected chi connectivity index (χ0v) is 13.1. The Hall–Kier alpha value is -2.36. The van der Waals surface area contributed by atoms with Gasteiger partial charge in [-0.25, -0.2) is 9.67 Å². The van der Waals surface area contributed by atoms with Gasteiger partial charge >= 0.3 is 0 Å². The molecule has 2 heterocycles. The summed E-state index contributed by atoms with van der Waals surface area (Å²) in [6.07, 6.45) is 2.26. The van der Waals surface area contributed by atoms with E-state index >= 15 is 0 Å². The number of carbonyl (C=O) groups is 2. The largest absolute Gasteiger partial charge is 0.369 e. The maximum atomic E-state index is 12.5. The van der Waals surface area contributed by atoms with Crippen molar-refractivity contribution >= 4 is 28.3 Å². The lowest BCUT2D eigenvalue weighted by Crippen LogP contribution is -2.31. The molecule has 0 radical (unpaired) electrons. The average Bonchev–Trinajstić information content (AvgIpc) is 3.10. The summed E-state index contributed by atoms with van der Waals surface area (Å²) in [7, 11) is 0. The van der Waals surface area contributed by atoms with Crippen molar-refractivity contribution in [2.45, 2.75) is 32.7 Å². The van der Waals surface area contributed by atoms with Crippen LogP contribution in [0.4, 0.5) is 5.13 Å². The summed E-state index contributed by atoms with van der Waals surface area (Å²) in [5, 5.41) is 15.8. The molecule has 9 nitrogen and oxygen atoms in total. The Morgan fingerprint density at radius 1 is 1.50 bits per heavy atom. The van der Waals surface area contributed by atoms with Crippen LogP contribution in [0.3, 0.4) is 0 Å². The van der Waals surface area contributed by atoms with Gasteiger partial charge in [-0.2, -0.15) is 0 Å². The fourth-order valence-electron chi connectivity index (χ4n) is 1.96. The molecule has 2 amide bonds. The Kier molecular flexibility index (Phi) is 5.15. The highest BCUT2D eigenvalue weighted by Gasteiger charge is 2.27. The smallest absolute Gasteiger partial charge is 0.251 e. The maximum absolute atomic E-state index is 12.5. The number of nitrogens with one attached hydrogen (secondary N) is 1. The van der Waals surface area contributed by atoms with Crippen molar-refractivity contribution in [2.24, 2.45) is 11.7 Å². The summed E-state index contributed by atoms with van der Waals surface area (Å²) in [4.78, 5) is 27.5. The number of primary amides is 1. The second kappa shape index (κ2) is 7.07. The lowest BCUT2D eigenvalue weighted by atomic mass is 9.99. The molecule has 0 aliphatic carbocycles. The van der Waals surface area contributed by atoms with Crippen LogP contribution in [-0.2, 0) is 16.0 Å². The van der Waals surface area contributed by atoms with Gasteiger partial charge in [-0.1, -0.05) is 20.3 Å². The molecule has 0 saturated heterocycles. The minimum absolute atomic E-state index is 0.0496. The number of nitrogens with zero attached hydrogens (tertiary/aromatic N) is 5. The lowest BCUT2D eigenvalue weighted by Gasteiger charge is -2.20. The van der Waals surface area contributed by atoms with Gasteiger partial charge in [-0.05, 0) is 16.3 Å². The van der Waals surface area contributed by atoms with E-state index in [-0.39, 0.29) is 18.2 Å². The number of hydrogen-bond donors (Lipinski definition) is 2. The molecule has 0 aromatic carbocycles. The van der Waals surface area contributed by atoms with Crippen LogP contribution in [0.2, 0.25) is 0 Å². The van der Waals surface area contributed by atoms with Crippen LogP contribution in [0.25, 0.3) is 0 Å². The molecule has 0 aliphatic heterocycles. The van der Waals surface area contributed by atoms with E-state index in [1.807, 2.05) is 13.8 Å². The molecule has 0 spiro atoms. The molecule has 2 atom stereocenters. The first-order chi connectivity index (χ1) is 10.5. The molecule has 0 aliphatic rings. The standard InChI is InChI=1S/C12H17N7O2S/c1-3-7(2)10(19-6-14-17-18-19)11(21)16-12-15-8(5-22-12)4-9(13)20/h5-7,10H,3-4H2,1-2H3,(H2,13,20)(H,15,16,21)/t7-,10-/m0/s1. The van der Waals surface area contributed by atoms with Crippen LogP contribution < -0.4 is 11.1 Å². The topological polar surface area (TPSA) is 129 Å². The highest BCUT2D eigenvalue weighted by Crippen LogP contribution is 2.23. The molecule has 10 heteroatoms. The molecule has 2 aromatic heterocycles. The zero-order valence-electron chi connectivity index (χ0n) is 12.3. The predicted octanol–water partition coefficient (Wildman–Crippen LogP) is 0.383. The van der Waals surface area contributed by atoms with E-state index in [1.165, 1.54) is 22.3 Å². The zero-order chi connectivity index (χ0) is 16.1. The van der Waals surface area contributed by atoms with Gasteiger partial charge in [0.25, 0.3) is 5.91 Å². The van der Waals surface area contributed by atoms with Gasteiger partial charge in [-0.3, -0.25) is 9.59 Å². The minimum Gasteiger partial charge on any atom is -0.369 e. The van der Waals surface area contributed by atoms with E-state index in [0.717, 1.165) is 6.42 Å². The number of tetrazole rings is 1. The SMILES string of the molecule is CC[C@H](C)[C@@H](C(=O)Nc1nc(CC(N)=O)cs1)n1cnnn1. The number of carbonyl (C=O) groups excluding carboxylic acids is 2. The summed E-state index contributed by atoms with van der Waals surface area (Å²) in [5.74, 6) is -0.662. The first-order valence-electron chi connectivity index (χ1n) is 6.77. The molecular weight excluding hydrogens is 306 g/mol. The number of rotatable bonds is 7. The Morgan fingerprint density at radius 3 is 2.86 bits per heavy atom. The van der Waals surface area contributed by atoms with Gasteiger partial charge < -0.3 is 11.1 Å². The van der Waals surface area contributed by atoms with Crippen LogP contribution in [0.1, 0.15) is 32.0 Å². The molecule has 0 unspecified atom stereocenters. The molecule has 2 aromatic rings. The third kappa shape index (κ3) is 3.85. The number of thiazole rings is 1. The van der Waals surface area contributed by atoms with Crippen LogP contribution in [0, 0.1) is 5.92 Å². The highest BCUT2D eigenvalue weighted by atomic mass is 32.1. The Labute approximate surface area is 130 Å². The van der Waals surface area contributed by atoms with Crippen molar-refractivity contribution in [1.82, 2.24) is 25.2 Å². The predicted molar refractivity (Wildman–Crippen MR) is 80.0 cm³/mol. The van der Waals surface area contributed by atoms with Crippen LogP contribution in [0.5, 0.6) is 0 Å². The molecule has 118 valence electrons. The maximum Gasteiger partial charge on any atom is 0.251 e. The summed E-state index contributed by atoms with van der Waals surface area (Å²) in [6, 6.07) is -0.525. The summed E-state index contributed by atoms with van der Waals surface area (Å²) >= 11 is 1.24. The summed E-state index contributed by atoms with van der Waals surface area (Å²) < 4.78 is 1.43. The van der Waals surface area contributed by atoms with E-state index in [1.54, 1.807) is 5.38 Å².